The molecule has 0 unspecified atom stereocenters. The lowest BCUT2D eigenvalue weighted by atomic mass is 9.71. The number of hydroxylamine groups is 10. The number of aliphatic hydroxyl groups is 3. The van der Waals surface area contributed by atoms with Crippen LogP contribution in [0.2, 0.25) is 0 Å². The smallest absolute Gasteiger partial charge is 0.328 e. The Bertz CT molecular complexity index is 1890. The standard InChI is InChI=1S/C12H26N2O2.C11H19NO3.C11H21NO3.C10H19N3O.C10H21NO2/c1-10(2)7-12(15,9-13(5)6)8-11(3,4)14(10)16;1-10(2)6-8(5-9(13)14)7-11(3,4)12(10)15;1-8(13)11(14)6-9(2,3)12(15)10(4,5)7-11;1-8(2)5-10(12,7-11)6-9(3,4)13(8)14;1-8(2)6-10(5,12)7-9(3,4)11(8)13/h15-16H,7-9H2,1-6H3;5,15H,6-7H2,1-4H3,(H,13,14);14-15H,6-7H2,1-5H3;14H,5-6,12H2,1-4H3;12-13H,6-7H2,1-5H3. The van der Waals surface area contributed by atoms with Crippen LogP contribution in [0, 0.1) is 11.3 Å². The molecule has 5 rings (SSSR count). The van der Waals surface area contributed by atoms with Crippen molar-refractivity contribution in [1.82, 2.24) is 30.2 Å². The van der Waals surface area contributed by atoms with Crippen LogP contribution in [0.3, 0.4) is 0 Å². The minimum atomic E-state index is -1.31. The van der Waals surface area contributed by atoms with Crippen molar-refractivity contribution in [2.45, 2.75) is 294 Å². The summed E-state index contributed by atoms with van der Waals surface area (Å²) in [7, 11) is 3.92. The lowest BCUT2D eigenvalue weighted by Gasteiger charge is -2.55. The van der Waals surface area contributed by atoms with E-state index in [-0.39, 0.29) is 29.7 Å². The molecule has 5 aliphatic rings. The molecule has 73 heavy (non-hydrogen) atoms. The summed E-state index contributed by atoms with van der Waals surface area (Å²) in [6.45, 7) is 42.0. The van der Waals surface area contributed by atoms with Crippen molar-refractivity contribution < 1.29 is 56.1 Å². The number of carboxylic acids is 1. The number of aliphatic carboxylic acids is 1. The quantitative estimate of drug-likeness (QED) is 0.121. The van der Waals surface area contributed by atoms with Crippen LogP contribution in [0.4, 0.5) is 0 Å². The van der Waals surface area contributed by atoms with Gasteiger partial charge in [0.2, 0.25) is 0 Å². The van der Waals surface area contributed by atoms with Crippen molar-refractivity contribution >= 4 is 11.8 Å². The number of Topliss-reactive ketones (excluding diaryl/α,β-unsaturated/α-hetero) is 1. The molecule has 5 fully saturated rings. The van der Waals surface area contributed by atoms with E-state index in [1.165, 1.54) is 38.3 Å². The summed E-state index contributed by atoms with van der Waals surface area (Å²) in [5, 5.41) is 105. The Morgan fingerprint density at radius 2 is 0.781 bits per heavy atom. The fourth-order valence-corrected chi connectivity index (χ4v) is 14.0. The molecule has 0 aromatic carbocycles. The fourth-order valence-electron chi connectivity index (χ4n) is 14.0. The molecule has 11 N–H and O–H groups in total. The number of piperidine rings is 5. The fraction of sp³-hybridized carbons (Fsp3) is 0.907. The van der Waals surface area contributed by atoms with Crippen LogP contribution in [0.15, 0.2) is 11.6 Å². The highest BCUT2D eigenvalue weighted by Gasteiger charge is 2.55. The minimum absolute atomic E-state index is 0.225. The van der Waals surface area contributed by atoms with Gasteiger partial charge in [-0.05, 0) is 218 Å². The van der Waals surface area contributed by atoms with Gasteiger partial charge in [0, 0.05) is 80.9 Å². The molecule has 0 aromatic rings. The van der Waals surface area contributed by atoms with Gasteiger partial charge in [-0.3, -0.25) is 4.79 Å². The molecule has 0 amide bonds. The molecule has 19 heteroatoms. The number of carbonyl (C=O) groups is 2. The summed E-state index contributed by atoms with van der Waals surface area (Å²) < 4.78 is 0. The summed E-state index contributed by atoms with van der Waals surface area (Å²) >= 11 is 0. The Hall–Kier alpha value is -2.23. The Labute approximate surface area is 440 Å². The SMILES string of the molecule is CC(=O)C1(O)CC(C)(C)N(O)C(C)(C)C1.CC1(C)CC(=CC(=O)O)CC(C)(C)N1O.CC1(C)CC(N)(C#N)CC(C)(C)N1O.CC1(O)CC(C)(C)N(O)C(C)(C)C1.CN(C)CC1(O)CC(C)(C)N(O)C(C)(C)C1. The maximum absolute atomic E-state index is 11.5. The van der Waals surface area contributed by atoms with E-state index in [4.69, 9.17) is 16.1 Å². The average Bonchev–Trinajstić information content (AvgIpc) is 3.11. The minimum Gasteiger partial charge on any atom is -0.478 e. The third-order valence-electron chi connectivity index (χ3n) is 15.0. The second-order valence-electron chi connectivity index (χ2n) is 29.4. The van der Waals surface area contributed by atoms with Gasteiger partial charge in [0.05, 0.1) is 17.3 Å². The van der Waals surface area contributed by atoms with E-state index >= 15 is 0 Å². The van der Waals surface area contributed by atoms with E-state index in [1.54, 1.807) is 0 Å². The van der Waals surface area contributed by atoms with E-state index in [0.717, 1.165) is 5.57 Å². The van der Waals surface area contributed by atoms with Gasteiger partial charge in [-0.1, -0.05) is 5.57 Å². The van der Waals surface area contributed by atoms with Crippen LogP contribution in [0.25, 0.3) is 0 Å². The van der Waals surface area contributed by atoms with Gasteiger partial charge >= 0.3 is 5.97 Å². The molecule has 0 spiro atoms. The van der Waals surface area contributed by atoms with Crippen LogP contribution < -0.4 is 5.73 Å². The zero-order valence-electron chi connectivity index (χ0n) is 49.9. The molecule has 0 atom stereocenters. The van der Waals surface area contributed by atoms with E-state index in [1.807, 2.05) is 164 Å². The van der Waals surface area contributed by atoms with Crippen LogP contribution in [-0.2, 0) is 9.59 Å². The Morgan fingerprint density at radius 1 is 0.521 bits per heavy atom. The molecule has 0 aliphatic carbocycles. The first kappa shape index (κ1) is 68.8. The van der Waals surface area contributed by atoms with Gasteiger partial charge in [0.15, 0.2) is 5.78 Å². The first-order valence-corrected chi connectivity index (χ1v) is 25.8. The number of hydrogen-bond donors (Lipinski definition) is 10. The van der Waals surface area contributed by atoms with Gasteiger partial charge in [-0.15, -0.1) is 0 Å². The van der Waals surface area contributed by atoms with Crippen LogP contribution in [0.1, 0.15) is 217 Å². The highest BCUT2D eigenvalue weighted by molar-refractivity contribution is 5.85. The van der Waals surface area contributed by atoms with Crippen molar-refractivity contribution in [2.75, 3.05) is 20.6 Å². The predicted molar refractivity (Wildman–Crippen MR) is 283 cm³/mol. The topological polar surface area (TPSA) is 285 Å². The second kappa shape index (κ2) is 22.3. The molecule has 5 saturated heterocycles. The highest BCUT2D eigenvalue weighted by atomic mass is 16.5. The van der Waals surface area contributed by atoms with Crippen molar-refractivity contribution in [3.05, 3.63) is 11.6 Å². The maximum Gasteiger partial charge on any atom is 0.328 e. The van der Waals surface area contributed by atoms with Gasteiger partial charge < -0.3 is 57.1 Å². The normalized spacial score (nSPS) is 28.5. The molecule has 0 aromatic heterocycles. The molecular formula is C54H106N8O11. The van der Waals surface area contributed by atoms with Crippen LogP contribution in [-0.4, -0.2) is 187 Å². The van der Waals surface area contributed by atoms with Crippen molar-refractivity contribution in [3.8, 4) is 6.07 Å². The summed E-state index contributed by atoms with van der Waals surface area (Å²) in [6, 6.07) is 2.15. The number of hydrogen-bond acceptors (Lipinski definition) is 18. The van der Waals surface area contributed by atoms with E-state index in [0.29, 0.717) is 57.9 Å². The molecule has 5 aliphatic heterocycles. The second-order valence-corrected chi connectivity index (χ2v) is 29.4. The number of carbonyl (C=O) groups excluding carboxylic acids is 1. The number of likely N-dealkylation sites (N-methyl/N-ethyl adjacent to an activating group) is 1. The molecule has 19 nitrogen and oxygen atoms in total. The molecule has 5 heterocycles. The Kier molecular flexibility index (Phi) is 21.0. The summed E-state index contributed by atoms with van der Waals surface area (Å²) in [4.78, 5) is 24.1. The number of carboxylic acid groups (broad SMARTS) is 1. The number of ketones is 1. The van der Waals surface area contributed by atoms with Crippen LogP contribution >= 0.6 is 0 Å². The number of nitrogens with zero attached hydrogens (tertiary/aromatic N) is 7. The third kappa shape index (κ3) is 17.9. The van der Waals surface area contributed by atoms with E-state index < -0.39 is 72.6 Å². The monoisotopic (exact) mass is 1040 g/mol. The summed E-state index contributed by atoms with van der Waals surface area (Å²) in [5.41, 5.74) is -1.12. The zero-order valence-corrected chi connectivity index (χ0v) is 49.9. The molecule has 0 radical (unpaired) electrons. The molecule has 0 saturated carbocycles. The molecular weight excluding hydrogens is 937 g/mol. The van der Waals surface area contributed by atoms with Gasteiger partial charge in [0.1, 0.15) is 11.1 Å². The number of rotatable bonds is 4. The first-order chi connectivity index (χ1) is 31.8. The largest absolute Gasteiger partial charge is 0.478 e. The Morgan fingerprint density at radius 3 is 1.04 bits per heavy atom. The lowest BCUT2D eigenvalue weighted by Crippen LogP contribution is -2.66. The zero-order chi connectivity index (χ0) is 58.4. The number of nitrogens with two attached hydrogens (primary N) is 1. The van der Waals surface area contributed by atoms with Crippen molar-refractivity contribution in [1.29, 1.82) is 5.26 Å². The van der Waals surface area contributed by atoms with E-state index in [2.05, 4.69) is 6.07 Å². The van der Waals surface area contributed by atoms with Crippen molar-refractivity contribution in [2.24, 2.45) is 5.73 Å². The highest BCUT2D eigenvalue weighted by Crippen LogP contribution is 2.46. The summed E-state index contributed by atoms with van der Waals surface area (Å²) in [6.07, 6.45) is 6.27. The van der Waals surface area contributed by atoms with Gasteiger partial charge in [0.25, 0.3) is 0 Å². The molecule has 0 bridgehead atoms. The van der Waals surface area contributed by atoms with Gasteiger partial charge in [-0.2, -0.15) is 30.6 Å². The Balaban J connectivity index is 0.000000457. The van der Waals surface area contributed by atoms with Crippen LogP contribution in [0.5, 0.6) is 0 Å². The van der Waals surface area contributed by atoms with Crippen molar-refractivity contribution in [3.63, 3.8) is 0 Å². The third-order valence-corrected chi connectivity index (χ3v) is 15.0. The lowest BCUT2D eigenvalue weighted by molar-refractivity contribution is -0.275. The molecule has 428 valence electrons. The number of nitriles is 1. The van der Waals surface area contributed by atoms with Gasteiger partial charge in [-0.25, -0.2) is 4.79 Å². The summed E-state index contributed by atoms with van der Waals surface area (Å²) in [5.74, 6) is -1.14. The van der Waals surface area contributed by atoms with E-state index in [9.17, 15) is 50.9 Å². The average molecular weight is 1040 g/mol. The predicted octanol–water partition coefficient (Wildman–Crippen LogP) is 7.74. The first-order valence-electron chi connectivity index (χ1n) is 25.8. The maximum atomic E-state index is 11.5.